The third-order valence-electron chi connectivity index (χ3n) is 4.13. The molecule has 4 rings (SSSR count). The Morgan fingerprint density at radius 3 is 2.56 bits per heavy atom. The van der Waals surface area contributed by atoms with Crippen LogP contribution in [0, 0.1) is 6.92 Å². The Morgan fingerprint density at radius 2 is 1.88 bits per heavy atom. The normalized spacial score (nSPS) is 17.0. The number of benzene rings is 2. The SMILES string of the molecule is Cc1csc(N2N=C(c3cccc(Br)c3)CC2c2ccc(Br)cc2)n1. The average molecular weight is 477 g/mol. The predicted octanol–water partition coefficient (Wildman–Crippen LogP) is 6.33. The number of anilines is 1. The summed E-state index contributed by atoms with van der Waals surface area (Å²) < 4.78 is 2.15. The van der Waals surface area contributed by atoms with Crippen LogP contribution in [0.2, 0.25) is 0 Å². The second-order valence-corrected chi connectivity index (χ2v) is 8.61. The third kappa shape index (κ3) is 3.57. The summed E-state index contributed by atoms with van der Waals surface area (Å²) in [6.45, 7) is 2.02. The molecular formula is C19H15Br2N3S. The van der Waals surface area contributed by atoms with Crippen molar-refractivity contribution in [2.75, 3.05) is 5.01 Å². The van der Waals surface area contributed by atoms with Crippen LogP contribution in [0.4, 0.5) is 5.13 Å². The van der Waals surface area contributed by atoms with Crippen molar-refractivity contribution in [2.24, 2.45) is 5.10 Å². The van der Waals surface area contributed by atoms with Gasteiger partial charge in [-0.2, -0.15) is 5.10 Å². The van der Waals surface area contributed by atoms with E-state index in [2.05, 4.69) is 83.6 Å². The maximum Gasteiger partial charge on any atom is 0.206 e. The highest BCUT2D eigenvalue weighted by molar-refractivity contribution is 9.10. The highest BCUT2D eigenvalue weighted by Crippen LogP contribution is 2.38. The van der Waals surface area contributed by atoms with Crippen molar-refractivity contribution in [1.29, 1.82) is 0 Å². The van der Waals surface area contributed by atoms with E-state index in [1.165, 1.54) is 5.56 Å². The standard InChI is InChI=1S/C19H15Br2N3S/c1-12-11-25-19(22-12)24-18(13-5-7-15(20)8-6-13)10-17(23-24)14-3-2-4-16(21)9-14/h2-9,11,18H,10H2,1H3. The maximum absolute atomic E-state index is 4.93. The lowest BCUT2D eigenvalue weighted by atomic mass is 9.99. The molecule has 2 heterocycles. The van der Waals surface area contributed by atoms with Gasteiger partial charge >= 0.3 is 0 Å². The largest absolute Gasteiger partial charge is 0.231 e. The van der Waals surface area contributed by atoms with E-state index in [-0.39, 0.29) is 6.04 Å². The van der Waals surface area contributed by atoms with Gasteiger partial charge < -0.3 is 0 Å². The highest BCUT2D eigenvalue weighted by Gasteiger charge is 2.31. The fourth-order valence-corrected chi connectivity index (χ4v) is 4.39. The minimum atomic E-state index is 0.160. The zero-order valence-corrected chi connectivity index (χ0v) is 17.5. The highest BCUT2D eigenvalue weighted by atomic mass is 79.9. The molecule has 1 atom stereocenters. The van der Waals surface area contributed by atoms with Crippen molar-refractivity contribution in [1.82, 2.24) is 4.98 Å². The molecule has 1 unspecified atom stereocenters. The Morgan fingerprint density at radius 1 is 1.08 bits per heavy atom. The number of nitrogens with zero attached hydrogens (tertiary/aromatic N) is 3. The molecule has 25 heavy (non-hydrogen) atoms. The first-order valence-corrected chi connectivity index (χ1v) is 10.4. The summed E-state index contributed by atoms with van der Waals surface area (Å²) >= 11 is 8.71. The summed E-state index contributed by atoms with van der Waals surface area (Å²) in [5.74, 6) is 0. The van der Waals surface area contributed by atoms with Gasteiger partial charge in [-0.3, -0.25) is 0 Å². The van der Waals surface area contributed by atoms with Crippen LogP contribution in [0.1, 0.15) is 29.3 Å². The van der Waals surface area contributed by atoms with Gasteiger partial charge in [0.2, 0.25) is 5.13 Å². The summed E-state index contributed by atoms with van der Waals surface area (Å²) in [6.07, 6.45) is 0.858. The van der Waals surface area contributed by atoms with Crippen molar-refractivity contribution < 1.29 is 0 Å². The van der Waals surface area contributed by atoms with E-state index in [0.29, 0.717) is 0 Å². The van der Waals surface area contributed by atoms with Crippen LogP contribution in [-0.4, -0.2) is 10.7 Å². The van der Waals surface area contributed by atoms with E-state index in [4.69, 9.17) is 5.10 Å². The maximum atomic E-state index is 4.93. The monoisotopic (exact) mass is 475 g/mol. The molecule has 0 aliphatic carbocycles. The van der Waals surface area contributed by atoms with E-state index in [9.17, 15) is 0 Å². The van der Waals surface area contributed by atoms with Gasteiger partial charge in [0.1, 0.15) is 0 Å². The number of rotatable bonds is 3. The Labute approximate surface area is 167 Å². The molecule has 1 aliphatic heterocycles. The Bertz CT molecular complexity index is 934. The molecule has 1 aromatic heterocycles. The first-order chi connectivity index (χ1) is 12.1. The Kier molecular flexibility index (Phi) is 4.75. The lowest BCUT2D eigenvalue weighted by Gasteiger charge is -2.21. The van der Waals surface area contributed by atoms with Gasteiger partial charge in [0.25, 0.3) is 0 Å². The minimum absolute atomic E-state index is 0.160. The van der Waals surface area contributed by atoms with Crippen LogP contribution in [0.5, 0.6) is 0 Å². The van der Waals surface area contributed by atoms with Gasteiger partial charge in [0.15, 0.2) is 0 Å². The molecule has 0 bridgehead atoms. The second-order valence-electron chi connectivity index (χ2n) is 5.94. The Balaban J connectivity index is 1.75. The summed E-state index contributed by atoms with van der Waals surface area (Å²) in [5.41, 5.74) is 4.50. The molecule has 1 aliphatic rings. The molecule has 0 radical (unpaired) electrons. The number of hydrazone groups is 1. The fourth-order valence-electron chi connectivity index (χ4n) is 2.92. The summed E-state index contributed by atoms with van der Waals surface area (Å²) in [6, 6.07) is 16.9. The fraction of sp³-hybridized carbons (Fsp3) is 0.158. The number of aryl methyl sites for hydroxylation is 1. The van der Waals surface area contributed by atoms with Crippen molar-refractivity contribution in [3.05, 3.63) is 79.7 Å². The second kappa shape index (κ2) is 7.02. The smallest absolute Gasteiger partial charge is 0.206 e. The first kappa shape index (κ1) is 16.9. The van der Waals surface area contributed by atoms with Crippen LogP contribution >= 0.6 is 43.2 Å². The van der Waals surface area contributed by atoms with E-state index >= 15 is 0 Å². The molecule has 3 aromatic rings. The van der Waals surface area contributed by atoms with Gasteiger partial charge in [-0.05, 0) is 42.3 Å². The van der Waals surface area contributed by atoms with E-state index in [1.807, 2.05) is 19.1 Å². The predicted molar refractivity (Wildman–Crippen MR) is 112 cm³/mol. The number of hydrogen-bond donors (Lipinski definition) is 0. The number of aromatic nitrogens is 1. The molecule has 0 saturated carbocycles. The van der Waals surface area contributed by atoms with Gasteiger partial charge in [-0.1, -0.05) is 56.1 Å². The minimum Gasteiger partial charge on any atom is -0.231 e. The number of hydrogen-bond acceptors (Lipinski definition) is 4. The number of halogens is 2. The zero-order chi connectivity index (χ0) is 17.4. The van der Waals surface area contributed by atoms with Crippen molar-refractivity contribution in [3.63, 3.8) is 0 Å². The molecule has 3 nitrogen and oxygen atoms in total. The van der Waals surface area contributed by atoms with Crippen molar-refractivity contribution >= 4 is 54.0 Å². The summed E-state index contributed by atoms with van der Waals surface area (Å²) in [4.78, 5) is 4.65. The zero-order valence-electron chi connectivity index (χ0n) is 13.5. The molecule has 0 N–H and O–H groups in total. The average Bonchev–Trinajstić information content (AvgIpc) is 3.22. The van der Waals surface area contributed by atoms with E-state index in [1.54, 1.807) is 11.3 Å². The lowest BCUT2D eigenvalue weighted by molar-refractivity contribution is 0.705. The summed E-state index contributed by atoms with van der Waals surface area (Å²) in [5, 5.41) is 10.0. The van der Waals surface area contributed by atoms with Gasteiger partial charge in [-0.25, -0.2) is 9.99 Å². The summed E-state index contributed by atoms with van der Waals surface area (Å²) in [7, 11) is 0. The lowest BCUT2D eigenvalue weighted by Crippen LogP contribution is -2.18. The van der Waals surface area contributed by atoms with Gasteiger partial charge in [0.05, 0.1) is 17.4 Å². The first-order valence-electron chi connectivity index (χ1n) is 7.90. The van der Waals surface area contributed by atoms with Crippen LogP contribution in [0.3, 0.4) is 0 Å². The van der Waals surface area contributed by atoms with Gasteiger partial charge in [-0.15, -0.1) is 11.3 Å². The van der Waals surface area contributed by atoms with Crippen LogP contribution in [0.25, 0.3) is 0 Å². The third-order valence-corrected chi connectivity index (χ3v) is 6.10. The molecule has 0 fully saturated rings. The van der Waals surface area contributed by atoms with Crippen molar-refractivity contribution in [2.45, 2.75) is 19.4 Å². The molecule has 6 heteroatoms. The van der Waals surface area contributed by atoms with Crippen molar-refractivity contribution in [3.8, 4) is 0 Å². The Hall–Kier alpha value is -1.50. The number of thiazole rings is 1. The molecular weight excluding hydrogens is 462 g/mol. The molecule has 0 amide bonds. The quantitative estimate of drug-likeness (QED) is 0.441. The molecule has 0 saturated heterocycles. The van der Waals surface area contributed by atoms with Gasteiger partial charge in [0, 0.05) is 20.7 Å². The topological polar surface area (TPSA) is 28.5 Å². The van der Waals surface area contributed by atoms with E-state index < -0.39 is 0 Å². The molecule has 126 valence electrons. The molecule has 0 spiro atoms. The van der Waals surface area contributed by atoms with Crippen LogP contribution in [-0.2, 0) is 0 Å². The van der Waals surface area contributed by atoms with Crippen LogP contribution in [0.15, 0.2) is 68.0 Å². The van der Waals surface area contributed by atoms with Crippen LogP contribution < -0.4 is 5.01 Å². The molecule has 2 aromatic carbocycles. The van der Waals surface area contributed by atoms with E-state index in [0.717, 1.165) is 37.5 Å².